The van der Waals surface area contributed by atoms with Crippen LogP contribution in [0.15, 0.2) is 18.2 Å². The van der Waals surface area contributed by atoms with Crippen molar-refractivity contribution in [2.24, 2.45) is 0 Å². The van der Waals surface area contributed by atoms with Gasteiger partial charge in [-0.3, -0.25) is 0 Å². The second kappa shape index (κ2) is 2.93. The van der Waals surface area contributed by atoms with E-state index in [1.807, 2.05) is 19.1 Å². The van der Waals surface area contributed by atoms with Crippen LogP contribution in [0.3, 0.4) is 0 Å². The van der Waals surface area contributed by atoms with Crippen molar-refractivity contribution in [3.8, 4) is 5.75 Å². The number of rotatable bonds is 1. The van der Waals surface area contributed by atoms with Crippen molar-refractivity contribution in [2.75, 3.05) is 7.11 Å². The van der Waals surface area contributed by atoms with Gasteiger partial charge in [-0.15, -0.1) is 0 Å². The quantitative estimate of drug-likeness (QED) is 0.608. The zero-order valence-corrected chi connectivity index (χ0v) is 6.77. The molecule has 2 heteroatoms. The summed E-state index contributed by atoms with van der Waals surface area (Å²) in [5.74, 6) is 0.840. The number of hydrogen-bond donors (Lipinski definition) is 0. The molecule has 0 unspecified atom stereocenters. The summed E-state index contributed by atoms with van der Waals surface area (Å²) in [5, 5.41) is 0.711. The molecular weight excluding hydrogens is 148 g/mol. The fourth-order valence-electron chi connectivity index (χ4n) is 0.794. The summed E-state index contributed by atoms with van der Waals surface area (Å²) in [6.07, 6.45) is 0. The molecule has 0 saturated heterocycles. The molecule has 0 spiro atoms. The highest BCUT2D eigenvalue weighted by molar-refractivity contribution is 6.30. The summed E-state index contributed by atoms with van der Waals surface area (Å²) in [7, 11) is 1.64. The molecule has 1 aromatic rings. The minimum Gasteiger partial charge on any atom is -0.496 e. The zero-order chi connectivity index (χ0) is 7.56. The third-order valence-corrected chi connectivity index (χ3v) is 1.61. The smallest absolute Gasteiger partial charge is 0.123 e. The van der Waals surface area contributed by atoms with Gasteiger partial charge in [0.1, 0.15) is 5.75 Å². The second-order valence-electron chi connectivity index (χ2n) is 2.11. The topological polar surface area (TPSA) is 9.23 Å². The van der Waals surface area contributed by atoms with Gasteiger partial charge in [-0.2, -0.15) is 0 Å². The Morgan fingerprint density at radius 3 is 2.60 bits per heavy atom. The molecule has 0 fully saturated rings. The van der Waals surface area contributed by atoms with E-state index < -0.39 is 0 Å². The standard InChI is InChI=1S/C8H9ClO/c1-6-3-4-7(9)5-8(6)10-2/h3-5H,1-2H3. The maximum absolute atomic E-state index is 5.72. The molecule has 54 valence electrons. The van der Waals surface area contributed by atoms with Crippen LogP contribution in [0, 0.1) is 6.92 Å². The molecule has 0 saturated carbocycles. The molecule has 0 aliphatic carbocycles. The van der Waals surface area contributed by atoms with Crippen LogP contribution in [-0.2, 0) is 0 Å². The molecule has 0 N–H and O–H groups in total. The van der Waals surface area contributed by atoms with Crippen molar-refractivity contribution in [3.63, 3.8) is 0 Å². The molecular formula is C8H9ClO. The third kappa shape index (κ3) is 1.42. The Hall–Kier alpha value is -0.690. The van der Waals surface area contributed by atoms with E-state index in [0.717, 1.165) is 11.3 Å². The highest BCUT2D eigenvalue weighted by Gasteiger charge is 1.96. The average molecular weight is 157 g/mol. The molecule has 1 aromatic carbocycles. The minimum atomic E-state index is 0.711. The van der Waals surface area contributed by atoms with E-state index >= 15 is 0 Å². The number of aryl methyl sites for hydroxylation is 1. The molecule has 0 aromatic heterocycles. The van der Waals surface area contributed by atoms with Crippen LogP contribution in [0.5, 0.6) is 5.75 Å². The summed E-state index contributed by atoms with van der Waals surface area (Å²) < 4.78 is 5.04. The molecule has 0 aliphatic rings. The SMILES string of the molecule is COc1cc(Cl)ccc1C. The number of ether oxygens (including phenoxy) is 1. The lowest BCUT2D eigenvalue weighted by molar-refractivity contribution is 0.412. The van der Waals surface area contributed by atoms with Crippen LogP contribution in [0.4, 0.5) is 0 Å². The Labute approximate surface area is 65.6 Å². The van der Waals surface area contributed by atoms with E-state index in [4.69, 9.17) is 16.3 Å². The number of benzene rings is 1. The molecule has 0 atom stereocenters. The highest BCUT2D eigenvalue weighted by Crippen LogP contribution is 2.21. The lowest BCUT2D eigenvalue weighted by atomic mass is 10.2. The van der Waals surface area contributed by atoms with Crippen molar-refractivity contribution in [3.05, 3.63) is 28.8 Å². The van der Waals surface area contributed by atoms with Gasteiger partial charge in [0.05, 0.1) is 7.11 Å². The summed E-state index contributed by atoms with van der Waals surface area (Å²) in [6, 6.07) is 5.58. The third-order valence-electron chi connectivity index (χ3n) is 1.37. The maximum atomic E-state index is 5.72. The van der Waals surface area contributed by atoms with Crippen molar-refractivity contribution < 1.29 is 4.74 Å². The van der Waals surface area contributed by atoms with Crippen LogP contribution >= 0.6 is 11.6 Å². The molecule has 1 rings (SSSR count). The van der Waals surface area contributed by atoms with Crippen LogP contribution in [0.2, 0.25) is 5.02 Å². The zero-order valence-electron chi connectivity index (χ0n) is 6.02. The highest BCUT2D eigenvalue weighted by atomic mass is 35.5. The Kier molecular flexibility index (Phi) is 2.17. The first-order chi connectivity index (χ1) is 4.74. The largest absolute Gasteiger partial charge is 0.496 e. The van der Waals surface area contributed by atoms with Crippen molar-refractivity contribution >= 4 is 11.6 Å². The average Bonchev–Trinajstić information content (AvgIpc) is 1.94. The summed E-state index contributed by atoms with van der Waals surface area (Å²) >= 11 is 5.72. The Balaban J connectivity index is 3.09. The van der Waals surface area contributed by atoms with Crippen molar-refractivity contribution in [2.45, 2.75) is 6.92 Å². The summed E-state index contributed by atoms with van der Waals surface area (Å²) in [5.41, 5.74) is 1.10. The van der Waals surface area contributed by atoms with Gasteiger partial charge in [0.25, 0.3) is 0 Å². The van der Waals surface area contributed by atoms with Gasteiger partial charge < -0.3 is 4.74 Å². The van der Waals surface area contributed by atoms with E-state index in [1.54, 1.807) is 13.2 Å². The van der Waals surface area contributed by atoms with Crippen LogP contribution < -0.4 is 4.74 Å². The van der Waals surface area contributed by atoms with Crippen LogP contribution in [0.25, 0.3) is 0 Å². The van der Waals surface area contributed by atoms with Gasteiger partial charge in [0.2, 0.25) is 0 Å². The second-order valence-corrected chi connectivity index (χ2v) is 2.55. The monoisotopic (exact) mass is 156 g/mol. The molecule has 10 heavy (non-hydrogen) atoms. The fraction of sp³-hybridized carbons (Fsp3) is 0.250. The van der Waals surface area contributed by atoms with E-state index in [9.17, 15) is 0 Å². The normalized spacial score (nSPS) is 9.50. The van der Waals surface area contributed by atoms with E-state index in [0.29, 0.717) is 5.02 Å². The van der Waals surface area contributed by atoms with Gasteiger partial charge in [-0.05, 0) is 24.6 Å². The molecule has 0 amide bonds. The molecule has 0 aliphatic heterocycles. The van der Waals surface area contributed by atoms with E-state index in [2.05, 4.69) is 0 Å². The molecule has 1 nitrogen and oxygen atoms in total. The van der Waals surface area contributed by atoms with Crippen LogP contribution in [0.1, 0.15) is 5.56 Å². The lowest BCUT2D eigenvalue weighted by Crippen LogP contribution is -1.85. The predicted molar refractivity (Wildman–Crippen MR) is 42.7 cm³/mol. The van der Waals surface area contributed by atoms with E-state index in [-0.39, 0.29) is 0 Å². The van der Waals surface area contributed by atoms with Gasteiger partial charge in [0.15, 0.2) is 0 Å². The summed E-state index contributed by atoms with van der Waals surface area (Å²) in [4.78, 5) is 0. The molecule has 0 heterocycles. The van der Waals surface area contributed by atoms with Crippen molar-refractivity contribution in [1.29, 1.82) is 0 Å². The lowest BCUT2D eigenvalue weighted by Gasteiger charge is -2.02. The molecule has 0 bridgehead atoms. The Morgan fingerprint density at radius 1 is 1.40 bits per heavy atom. The molecule has 0 radical (unpaired) electrons. The van der Waals surface area contributed by atoms with Gasteiger partial charge in [0, 0.05) is 5.02 Å². The number of hydrogen-bond acceptors (Lipinski definition) is 1. The maximum Gasteiger partial charge on any atom is 0.123 e. The van der Waals surface area contributed by atoms with Gasteiger partial charge >= 0.3 is 0 Å². The Morgan fingerprint density at radius 2 is 2.10 bits per heavy atom. The first kappa shape index (κ1) is 7.42. The van der Waals surface area contributed by atoms with Gasteiger partial charge in [-0.1, -0.05) is 17.7 Å². The van der Waals surface area contributed by atoms with Crippen LogP contribution in [-0.4, -0.2) is 7.11 Å². The Bertz CT molecular complexity index is 233. The fourth-order valence-corrected chi connectivity index (χ4v) is 0.956. The van der Waals surface area contributed by atoms with E-state index in [1.165, 1.54) is 0 Å². The first-order valence-electron chi connectivity index (χ1n) is 3.04. The minimum absolute atomic E-state index is 0.711. The predicted octanol–water partition coefficient (Wildman–Crippen LogP) is 2.66. The van der Waals surface area contributed by atoms with Crippen molar-refractivity contribution in [1.82, 2.24) is 0 Å². The summed E-state index contributed by atoms with van der Waals surface area (Å²) in [6.45, 7) is 1.98. The van der Waals surface area contributed by atoms with Gasteiger partial charge in [-0.25, -0.2) is 0 Å². The number of methoxy groups -OCH3 is 1. The number of halogens is 1. The first-order valence-corrected chi connectivity index (χ1v) is 3.42.